The van der Waals surface area contributed by atoms with E-state index in [9.17, 15) is 14.9 Å². The summed E-state index contributed by atoms with van der Waals surface area (Å²) < 4.78 is 0. The number of rotatable bonds is 4. The van der Waals surface area contributed by atoms with E-state index in [1.807, 2.05) is 18.2 Å². The molecule has 124 valence electrons. The lowest BCUT2D eigenvalue weighted by atomic mass is 9.87. The second-order valence-corrected chi connectivity index (χ2v) is 5.86. The number of nitrogens with zero attached hydrogens (tertiary/aromatic N) is 1. The molecule has 0 heterocycles. The van der Waals surface area contributed by atoms with E-state index < -0.39 is 4.92 Å². The van der Waals surface area contributed by atoms with E-state index in [0.29, 0.717) is 11.3 Å². The number of carbonyl (C=O) groups excluding carboxylic acids is 1. The molecule has 3 rings (SSSR count). The average molecular weight is 325 g/mol. The van der Waals surface area contributed by atoms with Crippen LogP contribution in [-0.4, -0.2) is 17.9 Å². The van der Waals surface area contributed by atoms with Crippen LogP contribution in [0.5, 0.6) is 0 Å². The Hall–Kier alpha value is -2.89. The highest BCUT2D eigenvalue weighted by Crippen LogP contribution is 2.30. The smallest absolute Gasteiger partial charge is 0.293 e. The van der Waals surface area contributed by atoms with Crippen molar-refractivity contribution < 1.29 is 9.72 Å². The number of fused-ring (bicyclic) bond motifs is 1. The number of hydrogen-bond acceptors (Lipinski definition) is 4. The number of aryl methyl sites for hydroxylation is 1. The third-order valence-electron chi connectivity index (χ3n) is 4.40. The number of nitro groups is 1. The van der Waals surface area contributed by atoms with Crippen LogP contribution in [0.4, 0.5) is 11.4 Å². The first kappa shape index (κ1) is 16.0. The summed E-state index contributed by atoms with van der Waals surface area (Å²) in [6, 6.07) is 12.5. The quantitative estimate of drug-likeness (QED) is 0.666. The van der Waals surface area contributed by atoms with Gasteiger partial charge in [0.1, 0.15) is 5.69 Å². The molecule has 6 nitrogen and oxygen atoms in total. The van der Waals surface area contributed by atoms with Gasteiger partial charge < -0.3 is 10.6 Å². The summed E-state index contributed by atoms with van der Waals surface area (Å²) in [6.07, 6.45) is 2.91. The fourth-order valence-corrected chi connectivity index (χ4v) is 3.18. The van der Waals surface area contributed by atoms with Gasteiger partial charge in [0.25, 0.3) is 11.6 Å². The minimum atomic E-state index is -0.488. The van der Waals surface area contributed by atoms with Crippen molar-refractivity contribution in [1.29, 1.82) is 0 Å². The fraction of sp³-hybridized carbons (Fsp3) is 0.278. The lowest BCUT2D eigenvalue weighted by Crippen LogP contribution is -2.31. The molecule has 24 heavy (non-hydrogen) atoms. The Morgan fingerprint density at radius 2 is 2.04 bits per heavy atom. The molecule has 0 fully saturated rings. The van der Waals surface area contributed by atoms with Crippen LogP contribution < -0.4 is 10.6 Å². The molecule has 1 aliphatic carbocycles. The number of nitro benzene ring substituents is 1. The molecule has 0 spiro atoms. The first-order chi connectivity index (χ1) is 11.6. The molecule has 0 aromatic heterocycles. The molecule has 2 aromatic rings. The number of carbonyl (C=O) groups is 1. The van der Waals surface area contributed by atoms with Crippen LogP contribution >= 0.6 is 0 Å². The number of amides is 1. The zero-order valence-corrected chi connectivity index (χ0v) is 13.4. The largest absolute Gasteiger partial charge is 0.383 e. The predicted octanol–water partition coefficient (Wildman–Crippen LogP) is 3.44. The van der Waals surface area contributed by atoms with Gasteiger partial charge in [-0.15, -0.1) is 0 Å². The average Bonchev–Trinajstić information content (AvgIpc) is 2.61. The van der Waals surface area contributed by atoms with Crippen LogP contribution in [0.25, 0.3) is 0 Å². The Bertz CT molecular complexity index is 789. The van der Waals surface area contributed by atoms with Crippen molar-refractivity contribution >= 4 is 17.3 Å². The summed E-state index contributed by atoms with van der Waals surface area (Å²) in [5.41, 5.74) is 2.97. The minimum absolute atomic E-state index is 0.0505. The van der Waals surface area contributed by atoms with E-state index in [1.54, 1.807) is 19.2 Å². The van der Waals surface area contributed by atoms with Crippen LogP contribution in [0, 0.1) is 10.1 Å². The molecule has 6 heteroatoms. The molecular weight excluding hydrogens is 306 g/mol. The molecule has 0 saturated heterocycles. The Labute approximate surface area is 140 Å². The van der Waals surface area contributed by atoms with Gasteiger partial charge in [0.15, 0.2) is 0 Å². The SMILES string of the molecule is CNc1ccc(C(=O)N[C@H]2CCCc3ccccc32)cc1[N+](=O)[O-]. The van der Waals surface area contributed by atoms with Crippen molar-refractivity contribution in [2.45, 2.75) is 25.3 Å². The molecule has 0 bridgehead atoms. The van der Waals surface area contributed by atoms with Gasteiger partial charge in [-0.25, -0.2) is 0 Å². The molecular formula is C18H19N3O3. The summed E-state index contributed by atoms with van der Waals surface area (Å²) in [5.74, 6) is -0.289. The van der Waals surface area contributed by atoms with E-state index in [4.69, 9.17) is 0 Å². The molecule has 0 radical (unpaired) electrons. The summed E-state index contributed by atoms with van der Waals surface area (Å²) in [5, 5.41) is 16.9. The van der Waals surface area contributed by atoms with E-state index in [1.165, 1.54) is 11.6 Å². The Morgan fingerprint density at radius 3 is 2.79 bits per heavy atom. The molecule has 0 saturated carbocycles. The zero-order valence-electron chi connectivity index (χ0n) is 13.4. The molecule has 0 aliphatic heterocycles. The number of anilines is 1. The number of hydrogen-bond donors (Lipinski definition) is 2. The van der Waals surface area contributed by atoms with E-state index in [0.717, 1.165) is 24.8 Å². The van der Waals surface area contributed by atoms with Crippen molar-refractivity contribution in [2.75, 3.05) is 12.4 Å². The highest BCUT2D eigenvalue weighted by atomic mass is 16.6. The maximum atomic E-state index is 12.5. The second kappa shape index (κ2) is 6.70. The van der Waals surface area contributed by atoms with Crippen LogP contribution in [0.15, 0.2) is 42.5 Å². The predicted molar refractivity (Wildman–Crippen MR) is 92.2 cm³/mol. The summed E-state index contributed by atoms with van der Waals surface area (Å²) in [7, 11) is 1.61. The summed E-state index contributed by atoms with van der Waals surface area (Å²) in [6.45, 7) is 0. The first-order valence-electron chi connectivity index (χ1n) is 7.95. The topological polar surface area (TPSA) is 84.3 Å². The minimum Gasteiger partial charge on any atom is -0.383 e. The van der Waals surface area contributed by atoms with Crippen molar-refractivity contribution in [3.8, 4) is 0 Å². The molecule has 2 aromatic carbocycles. The van der Waals surface area contributed by atoms with Gasteiger partial charge in [0.2, 0.25) is 0 Å². The maximum Gasteiger partial charge on any atom is 0.293 e. The molecule has 0 unspecified atom stereocenters. The third-order valence-corrected chi connectivity index (χ3v) is 4.40. The van der Waals surface area contributed by atoms with Crippen molar-refractivity contribution in [2.24, 2.45) is 0 Å². The highest BCUT2D eigenvalue weighted by Gasteiger charge is 2.23. The first-order valence-corrected chi connectivity index (χ1v) is 7.95. The Morgan fingerprint density at radius 1 is 1.25 bits per heavy atom. The molecule has 2 N–H and O–H groups in total. The Kier molecular flexibility index (Phi) is 4.46. The van der Waals surface area contributed by atoms with Gasteiger partial charge in [0, 0.05) is 18.7 Å². The highest BCUT2D eigenvalue weighted by molar-refractivity contribution is 5.96. The summed E-state index contributed by atoms with van der Waals surface area (Å²) >= 11 is 0. The van der Waals surface area contributed by atoms with E-state index in [2.05, 4.69) is 16.7 Å². The summed E-state index contributed by atoms with van der Waals surface area (Å²) in [4.78, 5) is 23.2. The van der Waals surface area contributed by atoms with Gasteiger partial charge in [-0.3, -0.25) is 14.9 Å². The van der Waals surface area contributed by atoms with Crippen LogP contribution in [0.2, 0.25) is 0 Å². The van der Waals surface area contributed by atoms with E-state index >= 15 is 0 Å². The third kappa shape index (κ3) is 3.08. The monoisotopic (exact) mass is 325 g/mol. The van der Waals surface area contributed by atoms with Crippen LogP contribution in [0.1, 0.15) is 40.4 Å². The zero-order chi connectivity index (χ0) is 17.1. The maximum absolute atomic E-state index is 12.5. The van der Waals surface area contributed by atoms with Crippen LogP contribution in [-0.2, 0) is 6.42 Å². The standard InChI is InChI=1S/C18H19N3O3/c1-19-16-10-9-13(11-17(16)21(23)24)18(22)20-15-8-4-6-12-5-2-3-7-14(12)15/h2-3,5,7,9-11,15,19H,4,6,8H2,1H3,(H,20,22)/t15-/m0/s1. The van der Waals surface area contributed by atoms with Crippen LogP contribution in [0.3, 0.4) is 0 Å². The van der Waals surface area contributed by atoms with Crippen molar-refractivity contribution in [3.05, 3.63) is 69.3 Å². The fourth-order valence-electron chi connectivity index (χ4n) is 3.18. The second-order valence-electron chi connectivity index (χ2n) is 5.86. The number of benzene rings is 2. The van der Waals surface area contributed by atoms with Gasteiger partial charge in [-0.1, -0.05) is 24.3 Å². The van der Waals surface area contributed by atoms with Crippen molar-refractivity contribution in [1.82, 2.24) is 5.32 Å². The molecule has 1 amide bonds. The van der Waals surface area contributed by atoms with Crippen molar-refractivity contribution in [3.63, 3.8) is 0 Å². The molecule has 1 aliphatic rings. The molecule has 1 atom stereocenters. The normalized spacial score (nSPS) is 16.1. The van der Waals surface area contributed by atoms with E-state index in [-0.39, 0.29) is 17.6 Å². The van der Waals surface area contributed by atoms with Gasteiger partial charge in [-0.05, 0) is 42.5 Å². The lowest BCUT2D eigenvalue weighted by molar-refractivity contribution is -0.384. The van der Waals surface area contributed by atoms with Gasteiger partial charge in [-0.2, -0.15) is 0 Å². The van der Waals surface area contributed by atoms with Gasteiger partial charge >= 0.3 is 0 Å². The Balaban J connectivity index is 1.84. The number of nitrogens with one attached hydrogen (secondary N) is 2. The van der Waals surface area contributed by atoms with Gasteiger partial charge in [0.05, 0.1) is 11.0 Å². The lowest BCUT2D eigenvalue weighted by Gasteiger charge is -2.26.